The summed E-state index contributed by atoms with van der Waals surface area (Å²) >= 11 is 0. The highest BCUT2D eigenvalue weighted by atomic mass is 16.7. The Hall–Kier alpha value is -4.33. The number of carbonyl (C=O) groups excluding carboxylic acids is 3. The zero-order valence-electron chi connectivity index (χ0n) is 25.7. The van der Waals surface area contributed by atoms with E-state index in [-0.39, 0.29) is 25.3 Å². The van der Waals surface area contributed by atoms with Gasteiger partial charge in [0.1, 0.15) is 17.2 Å². The molecule has 0 aliphatic heterocycles. The quantitative estimate of drug-likeness (QED) is 0.0785. The number of benzene rings is 2. The molecule has 226 valence electrons. The first kappa shape index (κ1) is 33.9. The van der Waals surface area contributed by atoms with Crippen LogP contribution in [0.15, 0.2) is 61.7 Å². The van der Waals surface area contributed by atoms with E-state index in [4.69, 9.17) is 23.7 Å². The topological polar surface area (TPSA) is 97.4 Å². The second-order valence-electron chi connectivity index (χ2n) is 11.6. The number of carbonyl (C=O) groups is 3. The third-order valence-corrected chi connectivity index (χ3v) is 5.93. The standard InChI is InChI=1S/C34H42O8/c1-10-12-24-20-25(13-11-2)30(40-22-42-32(37)34(6,7)8)27(29(24)38-9)18-19-28(35)23-14-16-26(17-15-23)39-21-41-31(36)33(3,4)5/h10-11,14-20H,1-2,12-13,21-22H2,3-9H3/b19-18+. The highest BCUT2D eigenvalue weighted by Crippen LogP contribution is 2.38. The fourth-order valence-electron chi connectivity index (χ4n) is 3.66. The summed E-state index contributed by atoms with van der Waals surface area (Å²) in [4.78, 5) is 37.3. The van der Waals surface area contributed by atoms with Crippen LogP contribution < -0.4 is 14.2 Å². The first-order valence-electron chi connectivity index (χ1n) is 13.6. The molecule has 2 rings (SSSR count). The van der Waals surface area contributed by atoms with E-state index < -0.39 is 16.8 Å². The smallest absolute Gasteiger partial charge is 0.314 e. The van der Waals surface area contributed by atoms with E-state index in [9.17, 15) is 14.4 Å². The molecular formula is C34H42O8. The molecule has 0 aromatic heterocycles. The molecule has 0 atom stereocenters. The van der Waals surface area contributed by atoms with Gasteiger partial charge in [-0.25, -0.2) is 0 Å². The maximum atomic E-state index is 13.1. The van der Waals surface area contributed by atoms with Crippen molar-refractivity contribution in [2.45, 2.75) is 54.4 Å². The van der Waals surface area contributed by atoms with Crippen LogP contribution in [-0.2, 0) is 31.9 Å². The van der Waals surface area contributed by atoms with Crippen molar-refractivity contribution in [2.24, 2.45) is 10.8 Å². The molecule has 0 amide bonds. The average Bonchev–Trinajstić information content (AvgIpc) is 2.92. The molecule has 0 heterocycles. The Bertz CT molecular complexity index is 1310. The van der Waals surface area contributed by atoms with E-state index in [1.165, 1.54) is 13.2 Å². The van der Waals surface area contributed by atoms with Crippen LogP contribution >= 0.6 is 0 Å². The predicted molar refractivity (Wildman–Crippen MR) is 163 cm³/mol. The summed E-state index contributed by atoms with van der Waals surface area (Å²) in [5.74, 6) is 0.322. The van der Waals surface area contributed by atoms with E-state index >= 15 is 0 Å². The normalized spacial score (nSPS) is 11.5. The Morgan fingerprint density at radius 1 is 0.762 bits per heavy atom. The summed E-state index contributed by atoms with van der Waals surface area (Å²) in [7, 11) is 1.54. The van der Waals surface area contributed by atoms with Gasteiger partial charge in [-0.05, 0) is 108 Å². The molecule has 0 saturated carbocycles. The molecule has 2 aromatic carbocycles. The summed E-state index contributed by atoms with van der Waals surface area (Å²) in [6, 6.07) is 8.41. The van der Waals surface area contributed by atoms with Gasteiger partial charge in [0.2, 0.25) is 13.6 Å². The first-order valence-corrected chi connectivity index (χ1v) is 13.6. The van der Waals surface area contributed by atoms with Gasteiger partial charge < -0.3 is 23.7 Å². The van der Waals surface area contributed by atoms with Crippen LogP contribution in [0.2, 0.25) is 0 Å². The van der Waals surface area contributed by atoms with Crippen molar-refractivity contribution in [1.82, 2.24) is 0 Å². The fourth-order valence-corrected chi connectivity index (χ4v) is 3.66. The van der Waals surface area contributed by atoms with E-state index in [1.54, 1.807) is 84.0 Å². The van der Waals surface area contributed by atoms with E-state index in [2.05, 4.69) is 13.2 Å². The van der Waals surface area contributed by atoms with Crippen LogP contribution in [0.4, 0.5) is 0 Å². The summed E-state index contributed by atoms with van der Waals surface area (Å²) in [5, 5.41) is 0. The van der Waals surface area contributed by atoms with Crippen LogP contribution in [0.1, 0.15) is 68.6 Å². The number of ketones is 1. The highest BCUT2D eigenvalue weighted by Gasteiger charge is 2.25. The van der Waals surface area contributed by atoms with Gasteiger partial charge in [-0.2, -0.15) is 0 Å². The van der Waals surface area contributed by atoms with Gasteiger partial charge in [0.05, 0.1) is 23.5 Å². The van der Waals surface area contributed by atoms with Gasteiger partial charge in [-0.3, -0.25) is 14.4 Å². The maximum Gasteiger partial charge on any atom is 0.314 e. The molecule has 0 spiro atoms. The van der Waals surface area contributed by atoms with Crippen molar-refractivity contribution >= 4 is 23.8 Å². The lowest BCUT2D eigenvalue weighted by Gasteiger charge is -2.21. The number of hydrogen-bond donors (Lipinski definition) is 0. The van der Waals surface area contributed by atoms with E-state index in [0.717, 1.165) is 11.1 Å². The van der Waals surface area contributed by atoms with Crippen molar-refractivity contribution in [3.63, 3.8) is 0 Å². The zero-order chi connectivity index (χ0) is 31.5. The van der Waals surface area contributed by atoms with E-state index in [0.29, 0.717) is 41.2 Å². The Kier molecular flexibility index (Phi) is 12.1. The van der Waals surface area contributed by atoms with Crippen LogP contribution in [0.5, 0.6) is 17.2 Å². The molecule has 42 heavy (non-hydrogen) atoms. The lowest BCUT2D eigenvalue weighted by Crippen LogP contribution is -2.25. The number of esters is 2. The van der Waals surface area contributed by atoms with Crippen LogP contribution in [-0.4, -0.2) is 38.4 Å². The van der Waals surface area contributed by atoms with Crippen LogP contribution in [0.3, 0.4) is 0 Å². The van der Waals surface area contributed by atoms with Crippen molar-refractivity contribution in [2.75, 3.05) is 20.7 Å². The number of ether oxygens (including phenoxy) is 5. The molecule has 0 bridgehead atoms. The van der Waals surface area contributed by atoms with Gasteiger partial charge in [-0.1, -0.05) is 12.2 Å². The second-order valence-corrected chi connectivity index (χ2v) is 11.6. The molecule has 2 aromatic rings. The molecular weight excluding hydrogens is 536 g/mol. The number of rotatable bonds is 14. The SMILES string of the molecule is C=CCc1cc(CC=C)c(OCOC(=O)C(C)(C)C)c(/C=C/C(=O)c2ccc(OCOC(=O)C(C)(C)C)cc2)c1OC. The lowest BCUT2D eigenvalue weighted by atomic mass is 9.97. The second kappa shape index (κ2) is 15.1. The molecule has 0 radical (unpaired) electrons. The molecule has 0 aliphatic rings. The van der Waals surface area contributed by atoms with Crippen molar-refractivity contribution in [3.8, 4) is 17.2 Å². The lowest BCUT2D eigenvalue weighted by molar-refractivity contribution is -0.160. The number of allylic oxidation sites excluding steroid dienone is 3. The Morgan fingerprint density at radius 3 is 1.74 bits per heavy atom. The molecule has 8 heteroatoms. The Balaban J connectivity index is 2.34. The average molecular weight is 579 g/mol. The first-order chi connectivity index (χ1) is 19.7. The molecule has 0 aliphatic carbocycles. The maximum absolute atomic E-state index is 13.1. The summed E-state index contributed by atoms with van der Waals surface area (Å²) in [5.41, 5.74) is 1.26. The number of hydrogen-bond acceptors (Lipinski definition) is 8. The Labute approximate surface area is 249 Å². The minimum Gasteiger partial charge on any atom is -0.496 e. The van der Waals surface area contributed by atoms with Crippen molar-refractivity contribution in [1.29, 1.82) is 0 Å². The van der Waals surface area contributed by atoms with Gasteiger partial charge in [0.15, 0.2) is 5.78 Å². The van der Waals surface area contributed by atoms with Crippen LogP contribution in [0.25, 0.3) is 6.08 Å². The molecule has 8 nitrogen and oxygen atoms in total. The molecule has 0 fully saturated rings. The van der Waals surface area contributed by atoms with Gasteiger partial charge in [0, 0.05) is 5.56 Å². The van der Waals surface area contributed by atoms with Gasteiger partial charge in [0.25, 0.3) is 0 Å². The number of methoxy groups -OCH3 is 1. The fraction of sp³-hybridized carbons (Fsp3) is 0.382. The van der Waals surface area contributed by atoms with Gasteiger partial charge in [-0.15, -0.1) is 13.2 Å². The third kappa shape index (κ3) is 9.65. The Morgan fingerprint density at radius 2 is 1.26 bits per heavy atom. The largest absolute Gasteiger partial charge is 0.496 e. The minimum atomic E-state index is -0.689. The minimum absolute atomic E-state index is 0.231. The zero-order valence-corrected chi connectivity index (χ0v) is 25.7. The molecule has 0 N–H and O–H groups in total. The predicted octanol–water partition coefficient (Wildman–Crippen LogP) is 6.90. The van der Waals surface area contributed by atoms with E-state index in [1.807, 2.05) is 6.07 Å². The van der Waals surface area contributed by atoms with Crippen LogP contribution in [0, 0.1) is 10.8 Å². The monoisotopic (exact) mass is 578 g/mol. The highest BCUT2D eigenvalue weighted by molar-refractivity contribution is 6.07. The molecule has 0 unspecified atom stereocenters. The van der Waals surface area contributed by atoms with Crippen molar-refractivity contribution < 1.29 is 38.1 Å². The van der Waals surface area contributed by atoms with Crippen molar-refractivity contribution in [3.05, 3.63) is 84.0 Å². The summed E-state index contributed by atoms with van der Waals surface area (Å²) in [6.45, 7) is 17.7. The third-order valence-electron chi connectivity index (χ3n) is 5.93. The molecule has 0 saturated heterocycles. The van der Waals surface area contributed by atoms with Gasteiger partial charge >= 0.3 is 11.9 Å². The summed E-state index contributed by atoms with van der Waals surface area (Å²) < 4.78 is 27.6. The summed E-state index contributed by atoms with van der Waals surface area (Å²) in [6.07, 6.45) is 7.53.